The first-order valence-electron chi connectivity index (χ1n) is 7.55. The summed E-state index contributed by atoms with van der Waals surface area (Å²) in [6.07, 6.45) is 5.21. The molecule has 2 fully saturated rings. The standard InChI is InChI=1S/C13H25N3O3S/c1-12-6-2-3-11-16(12)20(18,19)14-8-5-10-15-9-4-7-13(15)17/h12,14H,2-11H2,1H3/t12-/m1/s1. The van der Waals surface area contributed by atoms with Crippen LogP contribution >= 0.6 is 0 Å². The van der Waals surface area contributed by atoms with Gasteiger partial charge in [0, 0.05) is 38.6 Å². The van der Waals surface area contributed by atoms with Crippen LogP contribution < -0.4 is 4.72 Å². The van der Waals surface area contributed by atoms with E-state index in [0.717, 1.165) is 32.2 Å². The van der Waals surface area contributed by atoms with Crippen molar-refractivity contribution in [1.82, 2.24) is 13.9 Å². The third kappa shape index (κ3) is 3.93. The Balaban J connectivity index is 1.73. The lowest BCUT2D eigenvalue weighted by Crippen LogP contribution is -2.48. The maximum Gasteiger partial charge on any atom is 0.279 e. The zero-order valence-corrected chi connectivity index (χ0v) is 13.0. The van der Waals surface area contributed by atoms with E-state index in [2.05, 4.69) is 4.72 Å². The van der Waals surface area contributed by atoms with Crippen molar-refractivity contribution >= 4 is 16.1 Å². The van der Waals surface area contributed by atoms with E-state index in [0.29, 0.717) is 32.5 Å². The smallest absolute Gasteiger partial charge is 0.279 e. The minimum atomic E-state index is -3.36. The summed E-state index contributed by atoms with van der Waals surface area (Å²) in [6, 6.07) is 0.0846. The fourth-order valence-corrected chi connectivity index (χ4v) is 4.44. The van der Waals surface area contributed by atoms with Crippen LogP contribution in [-0.2, 0) is 15.0 Å². The number of carbonyl (C=O) groups is 1. The molecule has 1 amide bonds. The Hall–Kier alpha value is -0.660. The van der Waals surface area contributed by atoms with Gasteiger partial charge in [-0.1, -0.05) is 6.42 Å². The second-order valence-electron chi connectivity index (χ2n) is 5.69. The first-order chi connectivity index (χ1) is 9.50. The quantitative estimate of drug-likeness (QED) is 0.735. The van der Waals surface area contributed by atoms with Crippen LogP contribution in [0.15, 0.2) is 0 Å². The van der Waals surface area contributed by atoms with Crippen LogP contribution in [0.3, 0.4) is 0 Å². The number of likely N-dealkylation sites (tertiary alicyclic amines) is 1. The van der Waals surface area contributed by atoms with Crippen molar-refractivity contribution in [3.63, 3.8) is 0 Å². The fraction of sp³-hybridized carbons (Fsp3) is 0.923. The SMILES string of the molecule is C[C@@H]1CCCCN1S(=O)(=O)NCCCN1CCCC1=O. The Morgan fingerprint density at radius 3 is 2.70 bits per heavy atom. The Kier molecular flexibility index (Phi) is 5.40. The van der Waals surface area contributed by atoms with Gasteiger partial charge in [-0.25, -0.2) is 4.72 Å². The summed E-state index contributed by atoms with van der Waals surface area (Å²) in [5.74, 6) is 0.192. The van der Waals surface area contributed by atoms with Crippen LogP contribution in [0.25, 0.3) is 0 Å². The molecule has 0 aliphatic carbocycles. The van der Waals surface area contributed by atoms with E-state index < -0.39 is 10.2 Å². The molecule has 2 aliphatic heterocycles. The summed E-state index contributed by atoms with van der Waals surface area (Å²) < 4.78 is 28.6. The summed E-state index contributed by atoms with van der Waals surface area (Å²) >= 11 is 0. The van der Waals surface area contributed by atoms with E-state index >= 15 is 0 Å². The van der Waals surface area contributed by atoms with Gasteiger partial charge in [-0.2, -0.15) is 12.7 Å². The minimum Gasteiger partial charge on any atom is -0.343 e. The Labute approximate surface area is 121 Å². The molecule has 2 aliphatic rings. The van der Waals surface area contributed by atoms with Gasteiger partial charge in [0.05, 0.1) is 0 Å². The second-order valence-corrected chi connectivity index (χ2v) is 7.40. The molecule has 0 spiro atoms. The maximum absolute atomic E-state index is 12.2. The van der Waals surface area contributed by atoms with E-state index in [9.17, 15) is 13.2 Å². The number of nitrogens with zero attached hydrogens (tertiary/aromatic N) is 2. The first-order valence-corrected chi connectivity index (χ1v) is 8.99. The number of hydrogen-bond acceptors (Lipinski definition) is 3. The molecular weight excluding hydrogens is 278 g/mol. The molecule has 0 radical (unpaired) electrons. The highest BCUT2D eigenvalue weighted by Crippen LogP contribution is 2.19. The molecule has 0 aromatic heterocycles. The summed E-state index contributed by atoms with van der Waals surface area (Å²) in [4.78, 5) is 13.3. The van der Waals surface area contributed by atoms with Crippen LogP contribution in [0, 0.1) is 0 Å². The van der Waals surface area contributed by atoms with Gasteiger partial charge in [0.2, 0.25) is 5.91 Å². The molecule has 7 heteroatoms. The van der Waals surface area contributed by atoms with E-state index in [1.165, 1.54) is 0 Å². The van der Waals surface area contributed by atoms with E-state index in [-0.39, 0.29) is 11.9 Å². The van der Waals surface area contributed by atoms with Crippen molar-refractivity contribution in [2.45, 2.75) is 51.5 Å². The molecule has 1 N–H and O–H groups in total. The van der Waals surface area contributed by atoms with E-state index in [1.807, 2.05) is 11.8 Å². The maximum atomic E-state index is 12.2. The van der Waals surface area contributed by atoms with E-state index in [1.54, 1.807) is 4.31 Å². The highest BCUT2D eigenvalue weighted by Gasteiger charge is 2.29. The number of hydrogen-bond donors (Lipinski definition) is 1. The Morgan fingerprint density at radius 1 is 1.25 bits per heavy atom. The van der Waals surface area contributed by atoms with Crippen molar-refractivity contribution in [2.24, 2.45) is 0 Å². The largest absolute Gasteiger partial charge is 0.343 e. The first kappa shape index (κ1) is 15.7. The molecule has 6 nitrogen and oxygen atoms in total. The third-order valence-electron chi connectivity index (χ3n) is 4.11. The molecule has 2 saturated heterocycles. The van der Waals surface area contributed by atoms with Crippen molar-refractivity contribution in [1.29, 1.82) is 0 Å². The summed E-state index contributed by atoms with van der Waals surface area (Å²) in [7, 11) is -3.36. The van der Waals surface area contributed by atoms with Gasteiger partial charge >= 0.3 is 0 Å². The molecule has 0 unspecified atom stereocenters. The number of nitrogens with one attached hydrogen (secondary N) is 1. The third-order valence-corrected chi connectivity index (χ3v) is 5.84. The molecule has 0 aromatic rings. The van der Waals surface area contributed by atoms with Crippen LogP contribution in [-0.4, -0.2) is 55.8 Å². The van der Waals surface area contributed by atoms with Gasteiger partial charge in [0.25, 0.3) is 10.2 Å². The topological polar surface area (TPSA) is 69.7 Å². The van der Waals surface area contributed by atoms with Gasteiger partial charge < -0.3 is 4.90 Å². The lowest BCUT2D eigenvalue weighted by Gasteiger charge is -2.32. The zero-order chi connectivity index (χ0) is 14.6. The molecule has 116 valence electrons. The average molecular weight is 303 g/mol. The molecule has 1 atom stereocenters. The van der Waals surface area contributed by atoms with Crippen LogP contribution in [0.5, 0.6) is 0 Å². The molecule has 20 heavy (non-hydrogen) atoms. The zero-order valence-electron chi connectivity index (χ0n) is 12.2. The van der Waals surface area contributed by atoms with Gasteiger partial charge in [0.1, 0.15) is 0 Å². The van der Waals surface area contributed by atoms with Crippen molar-refractivity contribution in [3.8, 4) is 0 Å². The molecule has 2 rings (SSSR count). The van der Waals surface area contributed by atoms with Crippen LogP contribution in [0.1, 0.15) is 45.4 Å². The predicted molar refractivity (Wildman–Crippen MR) is 77.4 cm³/mol. The van der Waals surface area contributed by atoms with Gasteiger partial charge in [0.15, 0.2) is 0 Å². The van der Waals surface area contributed by atoms with Crippen molar-refractivity contribution in [3.05, 3.63) is 0 Å². The molecular formula is C13H25N3O3S. The summed E-state index contributed by atoms with van der Waals surface area (Å²) in [5, 5.41) is 0. The normalized spacial score (nSPS) is 25.4. The van der Waals surface area contributed by atoms with Crippen LogP contribution in [0.4, 0.5) is 0 Å². The number of rotatable bonds is 6. The predicted octanol–water partition coefficient (Wildman–Crippen LogP) is 0.708. The molecule has 0 bridgehead atoms. The fourth-order valence-electron chi connectivity index (χ4n) is 2.92. The summed E-state index contributed by atoms with van der Waals surface area (Å²) in [6.45, 7) is 4.43. The second kappa shape index (κ2) is 6.87. The van der Waals surface area contributed by atoms with Crippen molar-refractivity contribution in [2.75, 3.05) is 26.2 Å². The van der Waals surface area contributed by atoms with Gasteiger partial charge in [-0.3, -0.25) is 4.79 Å². The minimum absolute atomic E-state index is 0.0846. The number of amides is 1. The van der Waals surface area contributed by atoms with Crippen LogP contribution in [0.2, 0.25) is 0 Å². The summed E-state index contributed by atoms with van der Waals surface area (Å²) in [5.41, 5.74) is 0. The monoisotopic (exact) mass is 303 g/mol. The Bertz CT molecular complexity index is 438. The van der Waals surface area contributed by atoms with E-state index in [4.69, 9.17) is 0 Å². The average Bonchev–Trinajstić information content (AvgIpc) is 2.81. The highest BCUT2D eigenvalue weighted by atomic mass is 32.2. The molecule has 2 heterocycles. The van der Waals surface area contributed by atoms with Gasteiger partial charge in [-0.15, -0.1) is 0 Å². The van der Waals surface area contributed by atoms with Crippen molar-refractivity contribution < 1.29 is 13.2 Å². The lowest BCUT2D eigenvalue weighted by atomic mass is 10.1. The highest BCUT2D eigenvalue weighted by molar-refractivity contribution is 7.87. The molecule has 0 saturated carbocycles. The lowest BCUT2D eigenvalue weighted by molar-refractivity contribution is -0.127. The molecule has 0 aromatic carbocycles. The Morgan fingerprint density at radius 2 is 2.05 bits per heavy atom. The van der Waals surface area contributed by atoms with Gasteiger partial charge in [-0.05, 0) is 32.6 Å². The number of carbonyl (C=O) groups excluding carboxylic acids is 1. The number of piperidine rings is 1.